The van der Waals surface area contributed by atoms with Crippen LogP contribution in [0.15, 0.2) is 82.7 Å². The summed E-state index contributed by atoms with van der Waals surface area (Å²) in [5.41, 5.74) is 1.86. The highest BCUT2D eigenvalue weighted by molar-refractivity contribution is 7.12. The summed E-state index contributed by atoms with van der Waals surface area (Å²) in [4.78, 5) is 27.7. The minimum Gasteiger partial charge on any atom is -0.359 e. The predicted molar refractivity (Wildman–Crippen MR) is 118 cm³/mol. The van der Waals surface area contributed by atoms with Crippen molar-refractivity contribution in [1.82, 2.24) is 15.4 Å². The van der Waals surface area contributed by atoms with E-state index in [1.807, 2.05) is 41.8 Å². The van der Waals surface area contributed by atoms with Crippen LogP contribution in [-0.2, 0) is 19.6 Å². The van der Waals surface area contributed by atoms with Gasteiger partial charge in [0.25, 0.3) is 11.8 Å². The summed E-state index contributed by atoms with van der Waals surface area (Å²) < 4.78 is 18.3. The van der Waals surface area contributed by atoms with Gasteiger partial charge in [-0.05, 0) is 34.7 Å². The smallest absolute Gasteiger partial charge is 0.273 e. The fourth-order valence-corrected chi connectivity index (χ4v) is 3.81. The summed E-state index contributed by atoms with van der Waals surface area (Å²) in [6.45, 7) is 0.798. The third kappa shape index (κ3) is 5.47. The molecule has 0 aliphatic heterocycles. The number of hydrogen-bond donors (Lipinski definition) is 1. The molecule has 0 unspecified atom stereocenters. The minimum absolute atomic E-state index is 0.116. The van der Waals surface area contributed by atoms with E-state index in [1.54, 1.807) is 23.1 Å². The second-order valence-corrected chi connectivity index (χ2v) is 8.06. The third-order valence-electron chi connectivity index (χ3n) is 4.74. The third-order valence-corrected chi connectivity index (χ3v) is 5.60. The number of benzene rings is 2. The van der Waals surface area contributed by atoms with Gasteiger partial charge >= 0.3 is 0 Å². The van der Waals surface area contributed by atoms with Gasteiger partial charge in [-0.1, -0.05) is 53.7 Å². The number of aromatic nitrogens is 1. The zero-order valence-corrected chi connectivity index (χ0v) is 17.8. The highest BCUT2D eigenvalue weighted by Gasteiger charge is 2.21. The molecule has 2 amide bonds. The van der Waals surface area contributed by atoms with Crippen molar-refractivity contribution in [3.63, 3.8) is 0 Å². The lowest BCUT2D eigenvalue weighted by Crippen LogP contribution is -2.29. The first kappa shape index (κ1) is 21.5. The van der Waals surface area contributed by atoms with E-state index in [4.69, 9.17) is 4.52 Å². The van der Waals surface area contributed by atoms with E-state index in [1.165, 1.54) is 29.5 Å². The Labute approximate surface area is 188 Å². The van der Waals surface area contributed by atoms with Crippen molar-refractivity contribution in [3.8, 4) is 0 Å². The molecule has 0 bridgehead atoms. The average Bonchev–Trinajstić information content (AvgIpc) is 3.51. The SMILES string of the molecule is O=C(NCc1ccc(F)cc1)c1cc(CN(Cc2ccccc2)C(=O)c2cccs2)on1. The number of amides is 2. The minimum atomic E-state index is -0.413. The maximum absolute atomic E-state index is 13.0. The molecule has 6 nitrogen and oxygen atoms in total. The Bertz CT molecular complexity index is 1170. The van der Waals surface area contributed by atoms with E-state index < -0.39 is 5.91 Å². The molecule has 8 heteroatoms. The molecule has 0 saturated carbocycles. The molecular formula is C24H20FN3O3S. The number of nitrogens with zero attached hydrogens (tertiary/aromatic N) is 2. The Hall–Kier alpha value is -3.78. The number of hydrogen-bond acceptors (Lipinski definition) is 5. The fourth-order valence-electron chi connectivity index (χ4n) is 3.12. The van der Waals surface area contributed by atoms with E-state index in [2.05, 4.69) is 10.5 Å². The van der Waals surface area contributed by atoms with Gasteiger partial charge < -0.3 is 14.7 Å². The standard InChI is InChI=1S/C24H20FN3O3S/c25-19-10-8-17(9-11-19)14-26-23(29)21-13-20(31-27-21)16-28(15-18-5-2-1-3-6-18)24(30)22-7-4-12-32-22/h1-13H,14-16H2,(H,26,29). The van der Waals surface area contributed by atoms with Gasteiger partial charge in [-0.15, -0.1) is 11.3 Å². The van der Waals surface area contributed by atoms with Gasteiger partial charge in [-0.3, -0.25) is 9.59 Å². The summed E-state index contributed by atoms with van der Waals surface area (Å²) in [5, 5.41) is 8.42. The van der Waals surface area contributed by atoms with Crippen LogP contribution in [0.2, 0.25) is 0 Å². The number of thiophene rings is 1. The fraction of sp³-hybridized carbons (Fsp3) is 0.125. The second kappa shape index (κ2) is 10.0. The molecule has 0 radical (unpaired) electrons. The van der Waals surface area contributed by atoms with Crippen molar-refractivity contribution in [2.75, 3.05) is 0 Å². The van der Waals surface area contributed by atoms with Crippen LogP contribution in [-0.4, -0.2) is 21.9 Å². The Morgan fingerprint density at radius 3 is 2.47 bits per heavy atom. The quantitative estimate of drug-likeness (QED) is 0.425. The number of carbonyl (C=O) groups excluding carboxylic acids is 2. The van der Waals surface area contributed by atoms with Gasteiger partial charge in [-0.2, -0.15) is 0 Å². The maximum Gasteiger partial charge on any atom is 0.273 e. The molecule has 2 aromatic carbocycles. The van der Waals surface area contributed by atoms with Crippen LogP contribution in [0.25, 0.3) is 0 Å². The molecule has 0 aliphatic carbocycles. The Morgan fingerprint density at radius 1 is 0.969 bits per heavy atom. The molecule has 0 spiro atoms. The first-order valence-corrected chi connectivity index (χ1v) is 10.8. The number of nitrogens with one attached hydrogen (secondary N) is 1. The molecule has 0 saturated heterocycles. The molecule has 2 aromatic heterocycles. The van der Waals surface area contributed by atoms with Crippen molar-refractivity contribution < 1.29 is 18.5 Å². The average molecular weight is 450 g/mol. The molecule has 4 rings (SSSR count). The van der Waals surface area contributed by atoms with Crippen molar-refractivity contribution in [3.05, 3.63) is 111 Å². The van der Waals surface area contributed by atoms with Gasteiger partial charge in [0.1, 0.15) is 5.82 Å². The van der Waals surface area contributed by atoms with Gasteiger partial charge in [-0.25, -0.2) is 4.39 Å². The number of halogens is 1. The summed E-state index contributed by atoms with van der Waals surface area (Å²) in [6.07, 6.45) is 0. The number of carbonyl (C=O) groups is 2. The van der Waals surface area contributed by atoms with Crippen LogP contribution in [0.4, 0.5) is 4.39 Å². The first-order chi connectivity index (χ1) is 15.6. The van der Waals surface area contributed by atoms with E-state index in [9.17, 15) is 14.0 Å². The lowest BCUT2D eigenvalue weighted by molar-refractivity contribution is 0.0718. The molecular weight excluding hydrogens is 429 g/mol. The highest BCUT2D eigenvalue weighted by atomic mass is 32.1. The normalized spacial score (nSPS) is 10.7. The van der Waals surface area contributed by atoms with E-state index in [0.29, 0.717) is 17.2 Å². The van der Waals surface area contributed by atoms with Crippen molar-refractivity contribution in [2.24, 2.45) is 0 Å². The van der Waals surface area contributed by atoms with Crippen LogP contribution in [0.5, 0.6) is 0 Å². The molecule has 2 heterocycles. The van der Waals surface area contributed by atoms with Gasteiger partial charge in [0, 0.05) is 19.2 Å². The first-order valence-electron chi connectivity index (χ1n) is 9.93. The zero-order valence-electron chi connectivity index (χ0n) is 17.0. The predicted octanol–water partition coefficient (Wildman–Crippen LogP) is 4.65. The van der Waals surface area contributed by atoms with E-state index in [0.717, 1.165) is 11.1 Å². The maximum atomic E-state index is 13.0. The summed E-state index contributed by atoms with van der Waals surface area (Å²) >= 11 is 1.37. The monoisotopic (exact) mass is 449 g/mol. The molecule has 162 valence electrons. The van der Waals surface area contributed by atoms with Crippen molar-refractivity contribution >= 4 is 23.2 Å². The Kier molecular flexibility index (Phi) is 6.72. The van der Waals surface area contributed by atoms with Crippen LogP contribution in [0.1, 0.15) is 37.0 Å². The second-order valence-electron chi connectivity index (χ2n) is 7.11. The molecule has 0 aliphatic rings. The van der Waals surface area contributed by atoms with Crippen LogP contribution in [0, 0.1) is 5.82 Å². The lowest BCUT2D eigenvalue weighted by atomic mass is 10.2. The molecule has 32 heavy (non-hydrogen) atoms. The summed E-state index contributed by atoms with van der Waals surface area (Å²) in [6, 6.07) is 20.7. The van der Waals surface area contributed by atoms with E-state index >= 15 is 0 Å². The van der Waals surface area contributed by atoms with Gasteiger partial charge in [0.05, 0.1) is 11.4 Å². The van der Waals surface area contributed by atoms with Crippen molar-refractivity contribution in [1.29, 1.82) is 0 Å². The highest BCUT2D eigenvalue weighted by Crippen LogP contribution is 2.18. The van der Waals surface area contributed by atoms with Crippen LogP contribution < -0.4 is 5.32 Å². The zero-order chi connectivity index (χ0) is 22.3. The molecule has 0 fully saturated rings. The molecule has 4 aromatic rings. The van der Waals surface area contributed by atoms with Crippen LogP contribution >= 0.6 is 11.3 Å². The Balaban J connectivity index is 1.43. The van der Waals surface area contributed by atoms with Gasteiger partial charge in [0.2, 0.25) is 0 Å². The van der Waals surface area contributed by atoms with Crippen molar-refractivity contribution in [2.45, 2.75) is 19.6 Å². The molecule has 0 atom stereocenters. The van der Waals surface area contributed by atoms with Crippen LogP contribution in [0.3, 0.4) is 0 Å². The topological polar surface area (TPSA) is 75.4 Å². The Morgan fingerprint density at radius 2 is 1.75 bits per heavy atom. The molecule has 1 N–H and O–H groups in total. The summed E-state index contributed by atoms with van der Waals surface area (Å²) in [5.74, 6) is -0.470. The van der Waals surface area contributed by atoms with E-state index in [-0.39, 0.29) is 30.5 Å². The van der Waals surface area contributed by atoms with Gasteiger partial charge in [0.15, 0.2) is 11.5 Å². The largest absolute Gasteiger partial charge is 0.359 e. The number of rotatable bonds is 8. The lowest BCUT2D eigenvalue weighted by Gasteiger charge is -2.21. The summed E-state index contributed by atoms with van der Waals surface area (Å²) in [7, 11) is 0.